The summed E-state index contributed by atoms with van der Waals surface area (Å²) in [7, 11) is 2.17. The van der Waals surface area contributed by atoms with Gasteiger partial charge in [0.1, 0.15) is 0 Å². The molecule has 1 fully saturated rings. The zero-order chi connectivity index (χ0) is 17.1. The van der Waals surface area contributed by atoms with Crippen molar-refractivity contribution >= 4 is 22.5 Å². The molecule has 2 aliphatic rings. The highest BCUT2D eigenvalue weighted by molar-refractivity contribution is 7.15. The molecule has 2 amide bonds. The van der Waals surface area contributed by atoms with Gasteiger partial charge in [-0.05, 0) is 19.4 Å². The predicted molar refractivity (Wildman–Crippen MR) is 98.8 cm³/mol. The molecule has 24 heavy (non-hydrogen) atoms. The van der Waals surface area contributed by atoms with Gasteiger partial charge in [0.25, 0.3) is 0 Å². The van der Waals surface area contributed by atoms with E-state index in [1.807, 2.05) is 4.90 Å². The van der Waals surface area contributed by atoms with E-state index in [-0.39, 0.29) is 6.03 Å². The van der Waals surface area contributed by atoms with E-state index in [0.29, 0.717) is 12.5 Å². The van der Waals surface area contributed by atoms with Gasteiger partial charge in [0.15, 0.2) is 5.13 Å². The van der Waals surface area contributed by atoms with Crippen molar-refractivity contribution in [3.63, 3.8) is 0 Å². The summed E-state index contributed by atoms with van der Waals surface area (Å²) in [6.07, 6.45) is 1.90. The molecule has 0 atom stereocenters. The summed E-state index contributed by atoms with van der Waals surface area (Å²) in [5, 5.41) is 4.18. The van der Waals surface area contributed by atoms with Crippen LogP contribution in [0.3, 0.4) is 0 Å². The van der Waals surface area contributed by atoms with Crippen LogP contribution < -0.4 is 10.2 Å². The maximum absolute atomic E-state index is 12.3. The van der Waals surface area contributed by atoms with E-state index < -0.39 is 0 Å². The molecule has 0 saturated carbocycles. The van der Waals surface area contributed by atoms with Crippen LogP contribution >= 0.6 is 11.3 Å². The third-order valence-electron chi connectivity index (χ3n) is 4.78. The predicted octanol–water partition coefficient (Wildman–Crippen LogP) is 2.01. The van der Waals surface area contributed by atoms with E-state index in [2.05, 4.69) is 36.0 Å². The number of carbonyl (C=O) groups excluding carboxylic acids is 1. The summed E-state index contributed by atoms with van der Waals surface area (Å²) in [4.78, 5) is 25.1. The van der Waals surface area contributed by atoms with Crippen LogP contribution in [0.1, 0.15) is 30.8 Å². The summed E-state index contributed by atoms with van der Waals surface area (Å²) in [6, 6.07) is 0.0656. The molecule has 0 radical (unpaired) electrons. The van der Waals surface area contributed by atoms with Gasteiger partial charge in [0, 0.05) is 50.6 Å². The monoisotopic (exact) mass is 351 g/mol. The number of hydrogen-bond acceptors (Lipinski definition) is 5. The van der Waals surface area contributed by atoms with Crippen LogP contribution in [0.5, 0.6) is 0 Å². The molecule has 6 nitrogen and oxygen atoms in total. The first-order valence-electron chi connectivity index (χ1n) is 8.97. The van der Waals surface area contributed by atoms with Crippen LogP contribution in [0.2, 0.25) is 0 Å². The lowest BCUT2D eigenvalue weighted by Crippen LogP contribution is -2.44. The molecule has 1 aromatic rings. The Kier molecular flexibility index (Phi) is 5.61. The minimum absolute atomic E-state index is 0.0656. The largest absolute Gasteiger partial charge is 0.346 e. The highest BCUT2D eigenvalue weighted by atomic mass is 32.1. The summed E-state index contributed by atoms with van der Waals surface area (Å²) in [5.41, 5.74) is 1.19. The third kappa shape index (κ3) is 4.19. The SMILES string of the molecule is CC(C)CCNC(=O)N1CCc2nc(N3CCN(C)CC3)sc2C1. The fourth-order valence-electron chi connectivity index (χ4n) is 3.07. The van der Waals surface area contributed by atoms with E-state index in [1.54, 1.807) is 11.3 Å². The molecule has 134 valence electrons. The Labute approximate surface area is 148 Å². The number of nitrogens with one attached hydrogen (secondary N) is 1. The van der Waals surface area contributed by atoms with Crippen molar-refractivity contribution in [2.45, 2.75) is 33.2 Å². The third-order valence-corrected chi connectivity index (χ3v) is 5.92. The highest BCUT2D eigenvalue weighted by Crippen LogP contribution is 2.31. The van der Waals surface area contributed by atoms with Crippen LogP contribution in [-0.4, -0.2) is 67.1 Å². The molecule has 0 bridgehead atoms. The van der Waals surface area contributed by atoms with Crippen LogP contribution in [0, 0.1) is 5.92 Å². The van der Waals surface area contributed by atoms with E-state index in [1.165, 1.54) is 10.6 Å². The van der Waals surface area contributed by atoms with Crippen LogP contribution in [0.15, 0.2) is 0 Å². The van der Waals surface area contributed by atoms with Crippen molar-refractivity contribution in [2.24, 2.45) is 5.92 Å². The zero-order valence-electron chi connectivity index (χ0n) is 15.0. The normalized spacial score (nSPS) is 18.8. The first kappa shape index (κ1) is 17.5. The van der Waals surface area contributed by atoms with Crippen molar-refractivity contribution in [1.29, 1.82) is 0 Å². The number of piperazine rings is 1. The number of aromatic nitrogens is 1. The second-order valence-corrected chi connectivity index (χ2v) is 8.30. The molecule has 1 saturated heterocycles. The minimum Gasteiger partial charge on any atom is -0.346 e. The van der Waals surface area contributed by atoms with E-state index in [4.69, 9.17) is 4.98 Å². The second kappa shape index (κ2) is 7.70. The number of nitrogens with zero attached hydrogens (tertiary/aromatic N) is 4. The summed E-state index contributed by atoms with van der Waals surface area (Å²) >= 11 is 1.77. The average Bonchev–Trinajstić information content (AvgIpc) is 2.98. The molecule has 0 spiro atoms. The van der Waals surface area contributed by atoms with Gasteiger partial charge in [-0.3, -0.25) is 0 Å². The Hall–Kier alpha value is -1.34. The van der Waals surface area contributed by atoms with Crippen molar-refractivity contribution in [1.82, 2.24) is 20.1 Å². The first-order valence-corrected chi connectivity index (χ1v) is 9.79. The Morgan fingerprint density at radius 2 is 2.00 bits per heavy atom. The number of urea groups is 1. The summed E-state index contributed by atoms with van der Waals surface area (Å²) in [5.74, 6) is 0.617. The molecule has 1 aromatic heterocycles. The number of hydrogen-bond donors (Lipinski definition) is 1. The second-order valence-electron chi connectivity index (χ2n) is 7.24. The van der Waals surface area contributed by atoms with Gasteiger partial charge in [0.05, 0.1) is 12.2 Å². The molecule has 3 heterocycles. The standard InChI is InChI=1S/C17H29N5OS/c1-13(2)4-6-18-16(23)22-7-5-14-15(12-22)24-17(19-14)21-10-8-20(3)9-11-21/h13H,4-12H2,1-3H3,(H,18,23). The Balaban J connectivity index is 1.57. The van der Waals surface area contributed by atoms with Crippen molar-refractivity contribution in [3.8, 4) is 0 Å². The number of amides is 2. The molecule has 7 heteroatoms. The highest BCUT2D eigenvalue weighted by Gasteiger charge is 2.26. The summed E-state index contributed by atoms with van der Waals surface area (Å²) < 4.78 is 0. The van der Waals surface area contributed by atoms with E-state index >= 15 is 0 Å². The Morgan fingerprint density at radius 3 is 2.71 bits per heavy atom. The van der Waals surface area contributed by atoms with Gasteiger partial charge < -0.3 is 20.0 Å². The van der Waals surface area contributed by atoms with Gasteiger partial charge in [-0.15, -0.1) is 0 Å². The number of fused-ring (bicyclic) bond motifs is 1. The van der Waals surface area contributed by atoms with Gasteiger partial charge in [-0.1, -0.05) is 25.2 Å². The lowest BCUT2D eigenvalue weighted by atomic mass is 10.1. The van der Waals surface area contributed by atoms with Gasteiger partial charge in [-0.2, -0.15) is 0 Å². The number of likely N-dealkylation sites (N-methyl/N-ethyl adjacent to an activating group) is 1. The van der Waals surface area contributed by atoms with Crippen molar-refractivity contribution in [2.75, 3.05) is 51.2 Å². The maximum atomic E-state index is 12.3. The molecule has 1 N–H and O–H groups in total. The van der Waals surface area contributed by atoms with Crippen molar-refractivity contribution in [3.05, 3.63) is 10.6 Å². The minimum atomic E-state index is 0.0656. The van der Waals surface area contributed by atoms with E-state index in [9.17, 15) is 4.79 Å². The molecule has 0 unspecified atom stereocenters. The molecule has 3 rings (SSSR count). The van der Waals surface area contributed by atoms with Gasteiger partial charge >= 0.3 is 6.03 Å². The summed E-state index contributed by atoms with van der Waals surface area (Å²) in [6.45, 7) is 10.9. The quantitative estimate of drug-likeness (QED) is 0.902. The number of anilines is 1. The lowest BCUT2D eigenvalue weighted by Gasteiger charge is -2.32. The maximum Gasteiger partial charge on any atom is 0.317 e. The van der Waals surface area contributed by atoms with Crippen LogP contribution in [0.4, 0.5) is 9.93 Å². The van der Waals surface area contributed by atoms with Crippen LogP contribution in [-0.2, 0) is 13.0 Å². The zero-order valence-corrected chi connectivity index (χ0v) is 15.9. The smallest absolute Gasteiger partial charge is 0.317 e. The Morgan fingerprint density at radius 1 is 1.25 bits per heavy atom. The molecular formula is C17H29N5OS. The molecule has 0 aliphatic carbocycles. The fraction of sp³-hybridized carbons (Fsp3) is 0.765. The number of carbonyl (C=O) groups is 1. The van der Waals surface area contributed by atoms with Crippen LogP contribution in [0.25, 0.3) is 0 Å². The van der Waals surface area contributed by atoms with Gasteiger partial charge in [-0.25, -0.2) is 9.78 Å². The lowest BCUT2D eigenvalue weighted by molar-refractivity contribution is 0.192. The van der Waals surface area contributed by atoms with E-state index in [0.717, 1.165) is 57.2 Å². The average molecular weight is 352 g/mol. The Bertz CT molecular complexity index is 565. The first-order chi connectivity index (χ1) is 11.5. The molecule has 0 aromatic carbocycles. The van der Waals surface area contributed by atoms with Crippen molar-refractivity contribution < 1.29 is 4.79 Å². The number of thiazole rings is 1. The fourth-order valence-corrected chi connectivity index (χ4v) is 4.24. The number of rotatable bonds is 4. The molecule has 2 aliphatic heterocycles. The topological polar surface area (TPSA) is 51.7 Å². The molecular weight excluding hydrogens is 322 g/mol. The van der Waals surface area contributed by atoms with Gasteiger partial charge in [0.2, 0.25) is 0 Å².